The van der Waals surface area contributed by atoms with Crippen LogP contribution in [0.3, 0.4) is 0 Å². The highest BCUT2D eigenvalue weighted by atomic mass is 16.5. The maximum atomic E-state index is 6.50. The average molecular weight is 641 g/mol. The molecule has 0 fully saturated rings. The van der Waals surface area contributed by atoms with E-state index in [1.807, 2.05) is 36.4 Å². The summed E-state index contributed by atoms with van der Waals surface area (Å²) in [5, 5.41) is 0. The molecule has 0 amide bonds. The molecule has 3 heteroatoms. The quantitative estimate of drug-likeness (QED) is 0.181. The first kappa shape index (κ1) is 29.6. The van der Waals surface area contributed by atoms with E-state index >= 15 is 0 Å². The van der Waals surface area contributed by atoms with Crippen LogP contribution in [0.5, 0.6) is 11.5 Å². The number of fused-ring (bicyclic) bond motifs is 2. The summed E-state index contributed by atoms with van der Waals surface area (Å²) in [6.45, 7) is 0. The van der Waals surface area contributed by atoms with Crippen molar-refractivity contribution >= 4 is 0 Å². The van der Waals surface area contributed by atoms with Crippen molar-refractivity contribution in [3.8, 4) is 56.5 Å². The van der Waals surface area contributed by atoms with Gasteiger partial charge in [0.25, 0.3) is 0 Å². The van der Waals surface area contributed by atoms with Crippen molar-refractivity contribution in [1.29, 1.82) is 0 Å². The van der Waals surface area contributed by atoms with Crippen molar-refractivity contribution in [2.24, 2.45) is 0 Å². The van der Waals surface area contributed by atoms with E-state index in [4.69, 9.17) is 14.7 Å². The number of aromatic nitrogens is 2. The summed E-state index contributed by atoms with van der Waals surface area (Å²) in [6.07, 6.45) is 0. The Bertz CT molecular complexity index is 2390. The van der Waals surface area contributed by atoms with E-state index in [0.29, 0.717) is 5.82 Å². The van der Waals surface area contributed by atoms with Crippen LogP contribution in [0, 0.1) is 0 Å². The van der Waals surface area contributed by atoms with Gasteiger partial charge < -0.3 is 4.74 Å². The molecule has 1 aliphatic heterocycles. The molecule has 3 nitrogen and oxygen atoms in total. The third kappa shape index (κ3) is 5.08. The van der Waals surface area contributed by atoms with E-state index < -0.39 is 5.41 Å². The lowest BCUT2D eigenvalue weighted by Gasteiger charge is -2.41. The minimum atomic E-state index is -0.574. The second kappa shape index (κ2) is 12.5. The van der Waals surface area contributed by atoms with Crippen LogP contribution in [0.1, 0.15) is 22.3 Å². The van der Waals surface area contributed by atoms with Crippen LogP contribution in [0.4, 0.5) is 0 Å². The van der Waals surface area contributed by atoms with E-state index in [9.17, 15) is 0 Å². The summed E-state index contributed by atoms with van der Waals surface area (Å²) >= 11 is 0. The molecule has 50 heavy (non-hydrogen) atoms. The monoisotopic (exact) mass is 640 g/mol. The first-order chi connectivity index (χ1) is 24.8. The highest BCUT2D eigenvalue weighted by Gasteiger charge is 2.45. The lowest BCUT2D eigenvalue weighted by Crippen LogP contribution is -2.34. The zero-order valence-electron chi connectivity index (χ0n) is 27.3. The third-order valence-electron chi connectivity index (χ3n) is 9.65. The van der Waals surface area contributed by atoms with Crippen LogP contribution in [0.2, 0.25) is 0 Å². The van der Waals surface area contributed by atoms with Crippen LogP contribution in [-0.2, 0) is 5.41 Å². The fourth-order valence-electron chi connectivity index (χ4n) is 7.31. The molecule has 0 spiro atoms. The summed E-state index contributed by atoms with van der Waals surface area (Å²) in [5.41, 5.74) is 11.1. The molecule has 1 aromatic heterocycles. The molecule has 0 saturated heterocycles. The Balaban J connectivity index is 1.21. The fourth-order valence-corrected chi connectivity index (χ4v) is 7.31. The van der Waals surface area contributed by atoms with Gasteiger partial charge in [-0.25, -0.2) is 9.97 Å². The summed E-state index contributed by atoms with van der Waals surface area (Å²) < 4.78 is 6.50. The number of hydrogen-bond donors (Lipinski definition) is 0. The van der Waals surface area contributed by atoms with Gasteiger partial charge in [0.15, 0.2) is 5.82 Å². The number of rotatable bonds is 6. The Hall–Kier alpha value is -6.58. The number of benzene rings is 7. The molecule has 7 aromatic carbocycles. The van der Waals surface area contributed by atoms with Crippen LogP contribution in [-0.4, -0.2) is 9.97 Å². The topological polar surface area (TPSA) is 35.0 Å². The number of hydrogen-bond acceptors (Lipinski definition) is 3. The highest BCUT2D eigenvalue weighted by molar-refractivity contribution is 5.77. The summed E-state index contributed by atoms with van der Waals surface area (Å²) in [4.78, 5) is 10.2. The second-order valence-corrected chi connectivity index (χ2v) is 12.6. The predicted molar refractivity (Wildman–Crippen MR) is 202 cm³/mol. The molecule has 0 saturated carbocycles. The summed E-state index contributed by atoms with van der Waals surface area (Å²) in [6, 6.07) is 67.8. The molecule has 0 N–H and O–H groups in total. The third-order valence-corrected chi connectivity index (χ3v) is 9.65. The zero-order valence-corrected chi connectivity index (χ0v) is 27.3. The molecule has 236 valence electrons. The van der Waals surface area contributed by atoms with Crippen molar-refractivity contribution in [3.05, 3.63) is 216 Å². The lowest BCUT2D eigenvalue weighted by molar-refractivity contribution is 0.434. The molecule has 2 heterocycles. The van der Waals surface area contributed by atoms with Gasteiger partial charge in [-0.3, -0.25) is 0 Å². The second-order valence-electron chi connectivity index (χ2n) is 12.6. The average Bonchev–Trinajstić information content (AvgIpc) is 3.21. The van der Waals surface area contributed by atoms with Gasteiger partial charge in [-0.1, -0.05) is 170 Å². The van der Waals surface area contributed by atoms with E-state index in [0.717, 1.165) is 61.8 Å². The van der Waals surface area contributed by atoms with Crippen LogP contribution in [0.25, 0.3) is 45.0 Å². The first-order valence-electron chi connectivity index (χ1n) is 16.9. The minimum Gasteiger partial charge on any atom is -0.457 e. The summed E-state index contributed by atoms with van der Waals surface area (Å²) in [7, 11) is 0. The van der Waals surface area contributed by atoms with Crippen LogP contribution < -0.4 is 4.74 Å². The largest absolute Gasteiger partial charge is 0.457 e. The molecular weight excluding hydrogens is 609 g/mol. The Kier molecular flexibility index (Phi) is 7.37. The van der Waals surface area contributed by atoms with Crippen molar-refractivity contribution in [2.45, 2.75) is 5.41 Å². The van der Waals surface area contributed by atoms with Crippen molar-refractivity contribution < 1.29 is 4.74 Å². The zero-order chi connectivity index (χ0) is 33.3. The van der Waals surface area contributed by atoms with Crippen LogP contribution >= 0.6 is 0 Å². The predicted octanol–water partition coefficient (Wildman–Crippen LogP) is 11.6. The number of ether oxygens (including phenoxy) is 1. The highest BCUT2D eigenvalue weighted by Crippen LogP contribution is 2.55. The maximum absolute atomic E-state index is 6.50. The van der Waals surface area contributed by atoms with Gasteiger partial charge in [-0.15, -0.1) is 0 Å². The normalized spacial score (nSPS) is 12.7. The fraction of sp³-hybridized carbons (Fsp3) is 0.0213. The van der Waals surface area contributed by atoms with Gasteiger partial charge >= 0.3 is 0 Å². The van der Waals surface area contributed by atoms with Gasteiger partial charge in [0.1, 0.15) is 11.5 Å². The molecule has 0 radical (unpaired) electrons. The summed E-state index contributed by atoms with van der Waals surface area (Å²) in [5.74, 6) is 2.43. The molecule has 8 aromatic rings. The molecule has 0 aliphatic carbocycles. The van der Waals surface area contributed by atoms with E-state index in [-0.39, 0.29) is 0 Å². The Morgan fingerprint density at radius 1 is 0.340 bits per heavy atom. The Morgan fingerprint density at radius 3 is 1.46 bits per heavy atom. The van der Waals surface area contributed by atoms with Crippen LogP contribution in [0.15, 0.2) is 194 Å². The smallest absolute Gasteiger partial charge is 0.160 e. The molecule has 1 aliphatic rings. The van der Waals surface area contributed by atoms with Gasteiger partial charge in [0.05, 0.1) is 16.8 Å². The van der Waals surface area contributed by atoms with Crippen molar-refractivity contribution in [1.82, 2.24) is 9.97 Å². The Morgan fingerprint density at radius 2 is 0.820 bits per heavy atom. The maximum Gasteiger partial charge on any atom is 0.160 e. The minimum absolute atomic E-state index is 0.574. The van der Waals surface area contributed by atoms with E-state index in [1.165, 1.54) is 11.1 Å². The molecule has 0 bridgehead atoms. The molecule has 9 rings (SSSR count). The first-order valence-corrected chi connectivity index (χ1v) is 16.9. The van der Waals surface area contributed by atoms with Crippen molar-refractivity contribution in [3.63, 3.8) is 0 Å². The van der Waals surface area contributed by atoms with E-state index in [1.54, 1.807) is 0 Å². The van der Waals surface area contributed by atoms with Gasteiger partial charge in [-0.05, 0) is 46.5 Å². The van der Waals surface area contributed by atoms with Crippen molar-refractivity contribution in [2.75, 3.05) is 0 Å². The van der Waals surface area contributed by atoms with E-state index in [2.05, 4.69) is 158 Å². The molecule has 0 atom stereocenters. The molecular formula is C47H32N2O. The standard InChI is InChI=1S/C47H32N2O/c1-4-15-33(16-5-1)36-19-14-20-37(31-36)43-32-42(48-46(49-43)35-17-6-2-7-18-35)34-27-29-39(30-28-34)47(38-21-8-3-9-22-38)40-23-10-12-25-44(40)50-45-26-13-11-24-41(45)47/h1-32H. The lowest BCUT2D eigenvalue weighted by atomic mass is 9.63. The van der Waals surface area contributed by atoms with Gasteiger partial charge in [0.2, 0.25) is 0 Å². The number of nitrogens with zero attached hydrogens (tertiary/aromatic N) is 2. The van der Waals surface area contributed by atoms with Gasteiger partial charge in [0, 0.05) is 27.8 Å². The SMILES string of the molecule is c1ccc(-c2cccc(-c3cc(-c4ccc(C5(c6ccccc6)c6ccccc6Oc6ccccc65)cc4)nc(-c4ccccc4)n3)c2)cc1. The Labute approximate surface area is 292 Å². The van der Waals surface area contributed by atoms with Gasteiger partial charge in [-0.2, -0.15) is 0 Å². The number of para-hydroxylation sites is 2. The molecule has 0 unspecified atom stereocenters.